The number of ether oxygens (including phenoxy) is 1. The predicted octanol–water partition coefficient (Wildman–Crippen LogP) is 5.52. The number of alkyl halides is 3. The maximum absolute atomic E-state index is 14.2. The third kappa shape index (κ3) is 6.26. The van der Waals surface area contributed by atoms with Crippen LogP contribution in [-0.4, -0.2) is 77.0 Å². The molecule has 41 heavy (non-hydrogen) atoms. The van der Waals surface area contributed by atoms with Crippen LogP contribution in [0.4, 0.5) is 17.6 Å². The number of carboxylic acid groups (broad SMARTS) is 1. The number of methoxy groups -OCH3 is 1. The number of rotatable bonds is 8. The van der Waals surface area contributed by atoms with Crippen molar-refractivity contribution in [3.8, 4) is 5.88 Å². The van der Waals surface area contributed by atoms with Gasteiger partial charge in [0.05, 0.1) is 12.5 Å². The first-order valence-corrected chi connectivity index (χ1v) is 14.6. The third-order valence-corrected chi connectivity index (χ3v) is 9.58. The average Bonchev–Trinajstić information content (AvgIpc) is 3.49. The third-order valence-electron chi connectivity index (χ3n) is 9.58. The van der Waals surface area contributed by atoms with Crippen LogP contribution in [0, 0.1) is 17.2 Å². The Balaban J connectivity index is 1.30. The Morgan fingerprint density at radius 3 is 2.44 bits per heavy atom. The highest BCUT2D eigenvalue weighted by atomic mass is 19.4. The van der Waals surface area contributed by atoms with Crippen molar-refractivity contribution in [3.63, 3.8) is 0 Å². The van der Waals surface area contributed by atoms with E-state index in [1.54, 1.807) is 12.1 Å². The van der Waals surface area contributed by atoms with E-state index in [2.05, 4.69) is 14.9 Å². The molecular formula is C30H40F4N4O3. The number of hydrogen-bond acceptors (Lipinski definition) is 5. The molecular weight excluding hydrogens is 540 g/mol. The van der Waals surface area contributed by atoms with Gasteiger partial charge in [0.25, 0.3) is 0 Å². The number of nitrogens with zero attached hydrogens (tertiary/aromatic N) is 4. The van der Waals surface area contributed by atoms with E-state index in [1.165, 1.54) is 20.2 Å². The van der Waals surface area contributed by atoms with Gasteiger partial charge in [-0.25, -0.2) is 4.39 Å². The maximum atomic E-state index is 14.2. The number of halogens is 4. The molecule has 0 amide bonds. The number of piperidine rings is 1. The van der Waals surface area contributed by atoms with E-state index >= 15 is 0 Å². The fourth-order valence-electron chi connectivity index (χ4n) is 7.59. The van der Waals surface area contributed by atoms with Crippen LogP contribution >= 0.6 is 0 Å². The highest BCUT2D eigenvalue weighted by Gasteiger charge is 2.45. The number of aliphatic carboxylic acids is 1. The van der Waals surface area contributed by atoms with Crippen molar-refractivity contribution in [2.75, 3.05) is 46.4 Å². The zero-order chi connectivity index (χ0) is 29.4. The van der Waals surface area contributed by atoms with Crippen molar-refractivity contribution >= 4 is 5.97 Å². The minimum atomic E-state index is -4.53. The summed E-state index contributed by atoms with van der Waals surface area (Å²) in [7, 11) is 2.64. The van der Waals surface area contributed by atoms with Gasteiger partial charge in [-0.3, -0.25) is 9.48 Å². The zero-order valence-electron chi connectivity index (χ0n) is 23.8. The number of carboxylic acids is 1. The van der Waals surface area contributed by atoms with Crippen molar-refractivity contribution in [2.24, 2.45) is 18.4 Å². The Hall–Kier alpha value is -2.66. The van der Waals surface area contributed by atoms with Gasteiger partial charge in [0.15, 0.2) is 0 Å². The van der Waals surface area contributed by atoms with Gasteiger partial charge in [-0.05, 0) is 68.3 Å². The molecule has 3 fully saturated rings. The standard InChI is InChI=1S/C30H40F4N4O3/c1-36-26(30(32,33)34)25(27(35-36)41-2)20-9-13-37(14-10-20)16-22-17-38(18-24(22)21-7-6-8-23(31)15-21)19-29(28(39)40)11-4-3-5-12-29/h6-8,15,20,22,24H,3-5,9-14,16-19H2,1-2H3,(H,39,40)/t22-,24+/m0/s1. The van der Waals surface area contributed by atoms with Gasteiger partial charge in [0, 0.05) is 44.7 Å². The zero-order valence-corrected chi connectivity index (χ0v) is 23.8. The Kier molecular flexibility index (Phi) is 8.66. The van der Waals surface area contributed by atoms with Crippen molar-refractivity contribution in [1.82, 2.24) is 19.6 Å². The molecule has 0 radical (unpaired) electrons. The van der Waals surface area contributed by atoms with E-state index in [0.29, 0.717) is 58.4 Å². The van der Waals surface area contributed by atoms with Crippen LogP contribution in [0.15, 0.2) is 24.3 Å². The molecule has 226 valence electrons. The van der Waals surface area contributed by atoms with E-state index in [1.807, 2.05) is 6.07 Å². The van der Waals surface area contributed by atoms with E-state index in [4.69, 9.17) is 4.74 Å². The molecule has 1 aromatic heterocycles. The van der Waals surface area contributed by atoms with Gasteiger partial charge < -0.3 is 19.6 Å². The highest BCUT2D eigenvalue weighted by molar-refractivity contribution is 5.75. The summed E-state index contributed by atoms with van der Waals surface area (Å²) in [6.07, 6.45) is 0.839. The van der Waals surface area contributed by atoms with Crippen LogP contribution in [0.5, 0.6) is 5.88 Å². The molecule has 5 rings (SSSR count). The molecule has 7 nitrogen and oxygen atoms in total. The molecule has 2 aromatic rings. The largest absolute Gasteiger partial charge is 0.481 e. The number of aryl methyl sites for hydroxylation is 1. The molecule has 2 saturated heterocycles. The van der Waals surface area contributed by atoms with Crippen LogP contribution in [-0.2, 0) is 18.0 Å². The average molecular weight is 581 g/mol. The smallest absolute Gasteiger partial charge is 0.433 e. The van der Waals surface area contributed by atoms with Gasteiger partial charge in [-0.2, -0.15) is 13.2 Å². The van der Waals surface area contributed by atoms with E-state index in [-0.39, 0.29) is 35.0 Å². The summed E-state index contributed by atoms with van der Waals surface area (Å²) in [4.78, 5) is 16.9. The van der Waals surface area contributed by atoms with Crippen LogP contribution in [0.2, 0.25) is 0 Å². The lowest BCUT2D eigenvalue weighted by Crippen LogP contribution is -2.44. The number of hydrogen-bond donors (Lipinski definition) is 1. The fraction of sp³-hybridized carbons (Fsp3) is 0.667. The lowest BCUT2D eigenvalue weighted by atomic mass is 9.73. The Morgan fingerprint density at radius 1 is 1.12 bits per heavy atom. The number of aromatic nitrogens is 2. The topological polar surface area (TPSA) is 70.8 Å². The second-order valence-corrected chi connectivity index (χ2v) is 12.2. The summed E-state index contributed by atoms with van der Waals surface area (Å²) in [6.45, 7) is 3.86. The molecule has 0 spiro atoms. The number of carbonyl (C=O) groups is 1. The van der Waals surface area contributed by atoms with Gasteiger partial charge in [-0.15, -0.1) is 5.10 Å². The summed E-state index contributed by atoms with van der Waals surface area (Å²) >= 11 is 0. The monoisotopic (exact) mass is 580 g/mol. The lowest BCUT2D eigenvalue weighted by Gasteiger charge is -2.37. The van der Waals surface area contributed by atoms with Gasteiger partial charge in [-0.1, -0.05) is 31.4 Å². The van der Waals surface area contributed by atoms with Crippen molar-refractivity contribution in [3.05, 3.63) is 46.9 Å². The minimum absolute atomic E-state index is 0.0333. The first-order chi connectivity index (χ1) is 19.5. The van der Waals surface area contributed by atoms with Crippen molar-refractivity contribution in [1.29, 1.82) is 0 Å². The Morgan fingerprint density at radius 2 is 1.83 bits per heavy atom. The Bertz CT molecular complexity index is 1220. The van der Waals surface area contributed by atoms with Gasteiger partial charge in [0.1, 0.15) is 11.5 Å². The molecule has 3 heterocycles. The molecule has 2 atom stereocenters. The van der Waals surface area contributed by atoms with Gasteiger partial charge in [0.2, 0.25) is 5.88 Å². The quantitative estimate of drug-likeness (QED) is 0.415. The summed E-state index contributed by atoms with van der Waals surface area (Å²) in [5.74, 6) is -1.09. The molecule has 1 aliphatic carbocycles. The van der Waals surface area contributed by atoms with Crippen molar-refractivity contribution in [2.45, 2.75) is 63.0 Å². The highest BCUT2D eigenvalue weighted by Crippen LogP contribution is 2.44. The first kappa shape index (κ1) is 29.8. The second kappa shape index (κ2) is 11.9. The second-order valence-electron chi connectivity index (χ2n) is 12.2. The summed E-state index contributed by atoms with van der Waals surface area (Å²) in [6, 6.07) is 6.67. The predicted molar refractivity (Wildman–Crippen MR) is 145 cm³/mol. The lowest BCUT2D eigenvalue weighted by molar-refractivity contribution is -0.152. The van der Waals surface area contributed by atoms with E-state index in [0.717, 1.165) is 36.1 Å². The molecule has 2 aliphatic heterocycles. The summed E-state index contributed by atoms with van der Waals surface area (Å²) in [5.41, 5.74) is -0.439. The van der Waals surface area contributed by atoms with E-state index in [9.17, 15) is 27.5 Å². The van der Waals surface area contributed by atoms with E-state index < -0.39 is 23.3 Å². The number of benzene rings is 1. The maximum Gasteiger partial charge on any atom is 0.433 e. The molecule has 11 heteroatoms. The molecule has 1 N–H and O–H groups in total. The van der Waals surface area contributed by atoms with Crippen LogP contribution in [0.25, 0.3) is 0 Å². The SMILES string of the molecule is COc1nn(C)c(C(F)(F)F)c1C1CCN(C[C@H]2CN(CC3(C(=O)O)CCCCC3)C[C@@H]2c2cccc(F)c2)CC1. The number of likely N-dealkylation sites (tertiary alicyclic amines) is 2. The summed E-state index contributed by atoms with van der Waals surface area (Å²) in [5, 5.41) is 14.1. The van der Waals surface area contributed by atoms with Crippen molar-refractivity contribution < 1.29 is 32.2 Å². The summed E-state index contributed by atoms with van der Waals surface area (Å²) < 4.78 is 62.0. The van der Waals surface area contributed by atoms with Gasteiger partial charge >= 0.3 is 12.1 Å². The molecule has 3 aliphatic rings. The Labute approximate surface area is 238 Å². The van der Waals surface area contributed by atoms with Crippen LogP contribution < -0.4 is 4.74 Å². The fourth-order valence-corrected chi connectivity index (χ4v) is 7.59. The molecule has 0 bridgehead atoms. The molecule has 0 unspecified atom stereocenters. The minimum Gasteiger partial charge on any atom is -0.481 e. The molecule has 1 saturated carbocycles. The van der Waals surface area contributed by atoms with Crippen LogP contribution in [0.3, 0.4) is 0 Å². The normalized spacial score (nSPS) is 24.5. The first-order valence-electron chi connectivity index (χ1n) is 14.6. The van der Waals surface area contributed by atoms with Crippen LogP contribution in [0.1, 0.15) is 73.6 Å². The molecule has 1 aromatic carbocycles.